The van der Waals surface area contributed by atoms with Crippen LogP contribution in [0.4, 0.5) is 0 Å². The van der Waals surface area contributed by atoms with E-state index in [1.165, 1.54) is 19.3 Å². The van der Waals surface area contributed by atoms with E-state index in [-0.39, 0.29) is 23.4 Å². The maximum absolute atomic E-state index is 13.0. The van der Waals surface area contributed by atoms with Gasteiger partial charge in [-0.15, -0.1) is 0 Å². The Bertz CT molecular complexity index is 1040. The number of hydrogen-bond donors (Lipinski definition) is 2. The molecule has 2 aromatic rings. The molecule has 2 fully saturated rings. The molecule has 0 radical (unpaired) electrons. The van der Waals surface area contributed by atoms with Gasteiger partial charge in [-0.1, -0.05) is 19.3 Å². The molecule has 32 heavy (non-hydrogen) atoms. The van der Waals surface area contributed by atoms with Crippen LogP contribution in [0.3, 0.4) is 0 Å². The minimum absolute atomic E-state index is 0.134. The average molecular weight is 439 g/mol. The van der Waals surface area contributed by atoms with Gasteiger partial charge in [-0.05, 0) is 37.7 Å². The summed E-state index contributed by atoms with van der Waals surface area (Å²) in [7, 11) is 0. The zero-order valence-corrected chi connectivity index (χ0v) is 18.3. The number of nitrogens with zero attached hydrogens (tertiary/aromatic N) is 4. The van der Waals surface area contributed by atoms with Crippen LogP contribution < -0.4 is 5.56 Å². The molecule has 9 heteroatoms. The summed E-state index contributed by atoms with van der Waals surface area (Å²) >= 11 is 0. The lowest BCUT2D eigenvalue weighted by molar-refractivity contribution is -0.133. The molecule has 1 saturated heterocycles. The lowest BCUT2D eigenvalue weighted by Crippen LogP contribution is -2.41. The van der Waals surface area contributed by atoms with Crippen LogP contribution >= 0.6 is 0 Å². The topological polar surface area (TPSA) is 115 Å². The molecule has 170 valence electrons. The average Bonchev–Trinajstić information content (AvgIpc) is 3.51. The summed E-state index contributed by atoms with van der Waals surface area (Å²) in [5, 5.41) is 6.58. The molecule has 5 rings (SSSR count). The number of likely N-dealkylation sites (tertiary alicyclic amines) is 1. The monoisotopic (exact) mass is 438 g/mol. The number of aromatic nitrogens is 4. The number of fused-ring (bicyclic) bond motifs is 1. The molecule has 1 aliphatic carbocycles. The molecule has 2 aliphatic heterocycles. The van der Waals surface area contributed by atoms with Gasteiger partial charge in [0.1, 0.15) is 11.5 Å². The lowest BCUT2D eigenvalue weighted by atomic mass is 9.86. The Morgan fingerprint density at radius 1 is 1.09 bits per heavy atom. The SMILES string of the molecule is O=C(CC1CCCCC1)N1CCc2nc(C3CCCN3C(=O)c3ccn[nH]3)[nH]c(=O)c2C1. The van der Waals surface area contributed by atoms with E-state index >= 15 is 0 Å². The van der Waals surface area contributed by atoms with Gasteiger partial charge < -0.3 is 14.8 Å². The van der Waals surface area contributed by atoms with Gasteiger partial charge in [0.25, 0.3) is 11.5 Å². The highest BCUT2D eigenvalue weighted by molar-refractivity contribution is 5.92. The van der Waals surface area contributed by atoms with Crippen molar-refractivity contribution in [2.75, 3.05) is 13.1 Å². The smallest absolute Gasteiger partial charge is 0.272 e. The molecule has 2 amide bonds. The number of carbonyl (C=O) groups is 2. The van der Waals surface area contributed by atoms with Gasteiger partial charge in [-0.25, -0.2) is 4.98 Å². The Hall–Kier alpha value is -2.97. The second kappa shape index (κ2) is 8.88. The van der Waals surface area contributed by atoms with Crippen LogP contribution in [0.1, 0.15) is 85.0 Å². The van der Waals surface area contributed by atoms with E-state index in [0.717, 1.165) is 31.4 Å². The van der Waals surface area contributed by atoms with Gasteiger partial charge in [0.15, 0.2) is 0 Å². The maximum atomic E-state index is 13.0. The van der Waals surface area contributed by atoms with Gasteiger partial charge in [0.2, 0.25) is 5.91 Å². The Labute approximate surface area is 186 Å². The quantitative estimate of drug-likeness (QED) is 0.760. The van der Waals surface area contributed by atoms with Crippen molar-refractivity contribution in [3.8, 4) is 0 Å². The van der Waals surface area contributed by atoms with E-state index in [1.807, 2.05) is 4.90 Å². The molecule has 4 heterocycles. The Kier molecular flexibility index (Phi) is 5.80. The summed E-state index contributed by atoms with van der Waals surface area (Å²) in [5.74, 6) is 1.04. The molecular formula is C23H30N6O3. The largest absolute Gasteiger partial charge is 0.338 e. The number of rotatable bonds is 4. The number of hydrogen-bond acceptors (Lipinski definition) is 5. The highest BCUT2D eigenvalue weighted by atomic mass is 16.2. The van der Waals surface area contributed by atoms with Crippen molar-refractivity contribution in [2.45, 2.75) is 70.4 Å². The summed E-state index contributed by atoms with van der Waals surface area (Å²) in [6.45, 7) is 1.54. The number of amides is 2. The molecule has 2 N–H and O–H groups in total. The van der Waals surface area contributed by atoms with Crippen molar-refractivity contribution in [2.24, 2.45) is 5.92 Å². The van der Waals surface area contributed by atoms with Crippen LogP contribution in [0.15, 0.2) is 17.1 Å². The predicted molar refractivity (Wildman–Crippen MR) is 117 cm³/mol. The first-order valence-corrected chi connectivity index (χ1v) is 11.8. The molecule has 1 saturated carbocycles. The van der Waals surface area contributed by atoms with Crippen LogP contribution in [0.5, 0.6) is 0 Å². The fourth-order valence-corrected chi connectivity index (χ4v) is 5.41. The van der Waals surface area contributed by atoms with E-state index < -0.39 is 0 Å². The van der Waals surface area contributed by atoms with E-state index in [4.69, 9.17) is 4.98 Å². The standard InChI is InChI=1S/C23H30N6O3/c30-20(13-15-5-2-1-3-6-15)28-12-9-17-16(14-28)22(31)26-21(25-17)19-7-4-11-29(19)23(32)18-8-10-24-27-18/h8,10,15,19H,1-7,9,11-14H2,(H,24,27)(H,25,26,31). The number of aromatic amines is 2. The molecule has 9 nitrogen and oxygen atoms in total. The molecule has 1 unspecified atom stereocenters. The fourth-order valence-electron chi connectivity index (χ4n) is 5.41. The third-order valence-electron chi connectivity index (χ3n) is 7.19. The van der Waals surface area contributed by atoms with Crippen LogP contribution in [-0.4, -0.2) is 54.9 Å². The maximum Gasteiger partial charge on any atom is 0.272 e. The minimum atomic E-state index is -0.255. The fraction of sp³-hybridized carbons (Fsp3) is 0.609. The molecule has 3 aliphatic rings. The van der Waals surface area contributed by atoms with Gasteiger partial charge in [-0.2, -0.15) is 5.10 Å². The summed E-state index contributed by atoms with van der Waals surface area (Å²) in [6, 6.07) is 1.40. The van der Waals surface area contributed by atoms with Gasteiger partial charge in [0, 0.05) is 32.1 Å². The zero-order chi connectivity index (χ0) is 22.1. The van der Waals surface area contributed by atoms with Crippen molar-refractivity contribution in [1.82, 2.24) is 30.0 Å². The van der Waals surface area contributed by atoms with Crippen LogP contribution in [-0.2, 0) is 17.8 Å². The third-order valence-corrected chi connectivity index (χ3v) is 7.19. The number of H-pyrrole nitrogens is 2. The van der Waals surface area contributed by atoms with E-state index in [0.29, 0.717) is 55.5 Å². The van der Waals surface area contributed by atoms with Crippen molar-refractivity contribution in [1.29, 1.82) is 0 Å². The predicted octanol–water partition coefficient (Wildman–Crippen LogP) is 2.33. The summed E-state index contributed by atoms with van der Waals surface area (Å²) in [4.78, 5) is 49.9. The molecule has 0 aromatic carbocycles. The van der Waals surface area contributed by atoms with Crippen LogP contribution in [0, 0.1) is 5.92 Å². The van der Waals surface area contributed by atoms with Gasteiger partial charge in [-0.3, -0.25) is 19.5 Å². The number of carbonyl (C=O) groups excluding carboxylic acids is 2. The van der Waals surface area contributed by atoms with E-state index in [2.05, 4.69) is 15.2 Å². The van der Waals surface area contributed by atoms with Crippen molar-refractivity contribution in [3.63, 3.8) is 0 Å². The minimum Gasteiger partial charge on any atom is -0.338 e. The Balaban J connectivity index is 1.31. The van der Waals surface area contributed by atoms with E-state index in [1.54, 1.807) is 17.2 Å². The van der Waals surface area contributed by atoms with Crippen molar-refractivity contribution in [3.05, 3.63) is 45.4 Å². The molecule has 0 spiro atoms. The first-order chi connectivity index (χ1) is 15.6. The normalized spacial score (nSPS) is 21.6. The van der Waals surface area contributed by atoms with Gasteiger partial charge >= 0.3 is 0 Å². The van der Waals surface area contributed by atoms with Crippen molar-refractivity contribution >= 4 is 11.8 Å². The third kappa shape index (κ3) is 4.08. The summed E-state index contributed by atoms with van der Waals surface area (Å²) in [6.07, 6.45) is 10.3. The molecule has 1 atom stereocenters. The van der Waals surface area contributed by atoms with Crippen LogP contribution in [0.2, 0.25) is 0 Å². The first kappa shape index (κ1) is 20.9. The summed E-state index contributed by atoms with van der Waals surface area (Å²) < 4.78 is 0. The second-order valence-corrected chi connectivity index (χ2v) is 9.28. The second-order valence-electron chi connectivity index (χ2n) is 9.28. The lowest BCUT2D eigenvalue weighted by Gasteiger charge is -2.31. The van der Waals surface area contributed by atoms with Crippen LogP contribution in [0.25, 0.3) is 0 Å². The van der Waals surface area contributed by atoms with Crippen molar-refractivity contribution < 1.29 is 9.59 Å². The summed E-state index contributed by atoms with van der Waals surface area (Å²) in [5.41, 5.74) is 1.58. The highest BCUT2D eigenvalue weighted by Crippen LogP contribution is 2.32. The van der Waals surface area contributed by atoms with Gasteiger partial charge in [0.05, 0.1) is 23.8 Å². The highest BCUT2D eigenvalue weighted by Gasteiger charge is 2.34. The molecule has 2 aromatic heterocycles. The zero-order valence-electron chi connectivity index (χ0n) is 18.3. The number of nitrogens with one attached hydrogen (secondary N) is 2. The molecule has 0 bridgehead atoms. The van der Waals surface area contributed by atoms with E-state index in [9.17, 15) is 14.4 Å². The first-order valence-electron chi connectivity index (χ1n) is 11.8. The molecular weight excluding hydrogens is 408 g/mol. The Morgan fingerprint density at radius 3 is 2.72 bits per heavy atom. The Morgan fingerprint density at radius 2 is 1.94 bits per heavy atom.